The summed E-state index contributed by atoms with van der Waals surface area (Å²) >= 11 is 0. The Kier molecular flexibility index (Phi) is 6.05. The zero-order valence-electron chi connectivity index (χ0n) is 16.5. The van der Waals surface area contributed by atoms with Crippen LogP contribution in [0.15, 0.2) is 48.5 Å². The Hall–Kier alpha value is -2.38. The van der Waals surface area contributed by atoms with E-state index in [1.165, 1.54) is 4.31 Å². The molecule has 6 nitrogen and oxygen atoms in total. The molecule has 2 aromatic carbocycles. The standard InChI is InChI=1S/C21H26N2O4S/c1-4-28(25,26)23-15-18-10-6-5-9-17(18)13-20(23)21(24)22(2)14-16-8-7-11-19(12-16)27-3/h5-12,20H,4,13-15H2,1-3H3. The van der Waals surface area contributed by atoms with E-state index >= 15 is 0 Å². The summed E-state index contributed by atoms with van der Waals surface area (Å²) in [4.78, 5) is 14.8. The number of carbonyl (C=O) groups excluding carboxylic acids is 1. The fraction of sp³-hybridized carbons (Fsp3) is 0.381. The lowest BCUT2D eigenvalue weighted by atomic mass is 9.95. The van der Waals surface area contributed by atoms with Gasteiger partial charge in [0.05, 0.1) is 12.9 Å². The van der Waals surface area contributed by atoms with Crippen molar-refractivity contribution in [2.24, 2.45) is 0 Å². The average Bonchev–Trinajstić information content (AvgIpc) is 2.72. The van der Waals surface area contributed by atoms with E-state index in [9.17, 15) is 13.2 Å². The Morgan fingerprint density at radius 2 is 1.89 bits per heavy atom. The maximum absolute atomic E-state index is 13.2. The summed E-state index contributed by atoms with van der Waals surface area (Å²) in [5, 5.41) is 0. The normalized spacial score (nSPS) is 17.0. The van der Waals surface area contributed by atoms with Gasteiger partial charge in [0.2, 0.25) is 15.9 Å². The van der Waals surface area contributed by atoms with Gasteiger partial charge in [0, 0.05) is 20.1 Å². The van der Waals surface area contributed by atoms with E-state index in [-0.39, 0.29) is 18.2 Å². The lowest BCUT2D eigenvalue weighted by Crippen LogP contribution is -2.53. The van der Waals surface area contributed by atoms with Crippen LogP contribution in [0.1, 0.15) is 23.6 Å². The van der Waals surface area contributed by atoms with Crippen molar-refractivity contribution in [1.82, 2.24) is 9.21 Å². The smallest absolute Gasteiger partial charge is 0.241 e. The van der Waals surface area contributed by atoms with E-state index in [4.69, 9.17) is 4.74 Å². The molecular formula is C21H26N2O4S. The number of methoxy groups -OCH3 is 1. The van der Waals surface area contributed by atoms with E-state index in [1.807, 2.05) is 48.5 Å². The maximum Gasteiger partial charge on any atom is 0.241 e. The molecule has 1 amide bonds. The van der Waals surface area contributed by atoms with Crippen LogP contribution in [0.5, 0.6) is 5.75 Å². The molecule has 28 heavy (non-hydrogen) atoms. The average molecular weight is 403 g/mol. The Balaban J connectivity index is 1.86. The van der Waals surface area contributed by atoms with Crippen molar-refractivity contribution < 1.29 is 17.9 Å². The molecule has 0 bridgehead atoms. The summed E-state index contributed by atoms with van der Waals surface area (Å²) in [7, 11) is -0.204. The van der Waals surface area contributed by atoms with Gasteiger partial charge in [-0.25, -0.2) is 8.42 Å². The molecule has 0 radical (unpaired) electrons. The number of ether oxygens (including phenoxy) is 1. The van der Waals surface area contributed by atoms with Gasteiger partial charge in [0.25, 0.3) is 0 Å². The van der Waals surface area contributed by atoms with Crippen LogP contribution in [0, 0.1) is 0 Å². The summed E-state index contributed by atoms with van der Waals surface area (Å²) in [6.45, 7) is 2.22. The number of hydrogen-bond acceptors (Lipinski definition) is 4. The van der Waals surface area contributed by atoms with Crippen molar-refractivity contribution in [3.63, 3.8) is 0 Å². The maximum atomic E-state index is 13.2. The predicted molar refractivity (Wildman–Crippen MR) is 108 cm³/mol. The molecule has 0 fully saturated rings. The van der Waals surface area contributed by atoms with Crippen molar-refractivity contribution in [2.75, 3.05) is 19.9 Å². The molecule has 1 atom stereocenters. The Morgan fingerprint density at radius 3 is 2.57 bits per heavy atom. The highest BCUT2D eigenvalue weighted by atomic mass is 32.2. The number of amides is 1. The lowest BCUT2D eigenvalue weighted by Gasteiger charge is -2.36. The van der Waals surface area contributed by atoms with Gasteiger partial charge < -0.3 is 9.64 Å². The number of hydrogen-bond donors (Lipinski definition) is 0. The van der Waals surface area contributed by atoms with Gasteiger partial charge >= 0.3 is 0 Å². The van der Waals surface area contributed by atoms with Crippen LogP contribution >= 0.6 is 0 Å². The van der Waals surface area contributed by atoms with Gasteiger partial charge in [-0.05, 0) is 42.2 Å². The molecule has 3 rings (SSSR count). The van der Waals surface area contributed by atoms with E-state index < -0.39 is 16.1 Å². The summed E-state index contributed by atoms with van der Waals surface area (Å²) in [6, 6.07) is 14.5. The van der Waals surface area contributed by atoms with Crippen molar-refractivity contribution >= 4 is 15.9 Å². The summed E-state index contributed by atoms with van der Waals surface area (Å²) in [5.74, 6) is 0.493. The second kappa shape index (κ2) is 8.32. The minimum absolute atomic E-state index is 0.0292. The monoisotopic (exact) mass is 402 g/mol. The zero-order chi connectivity index (χ0) is 20.3. The van der Waals surface area contributed by atoms with E-state index in [0.29, 0.717) is 13.0 Å². The second-order valence-electron chi connectivity index (χ2n) is 6.98. The Labute approximate surface area is 166 Å². The molecule has 150 valence electrons. The van der Waals surface area contributed by atoms with Crippen molar-refractivity contribution in [1.29, 1.82) is 0 Å². The molecule has 1 heterocycles. The minimum Gasteiger partial charge on any atom is -0.497 e. The van der Waals surface area contributed by atoms with Gasteiger partial charge in [-0.1, -0.05) is 36.4 Å². The van der Waals surface area contributed by atoms with Gasteiger partial charge in [-0.3, -0.25) is 4.79 Å². The molecule has 1 aliphatic heterocycles. The molecule has 0 saturated carbocycles. The number of carbonyl (C=O) groups is 1. The first kappa shape index (κ1) is 20.4. The number of sulfonamides is 1. The summed E-state index contributed by atoms with van der Waals surface area (Å²) < 4.78 is 32.0. The highest BCUT2D eigenvalue weighted by molar-refractivity contribution is 7.89. The van der Waals surface area contributed by atoms with Crippen LogP contribution < -0.4 is 4.74 Å². The zero-order valence-corrected chi connectivity index (χ0v) is 17.3. The van der Waals surface area contributed by atoms with Crippen LogP contribution in [-0.4, -0.2) is 49.5 Å². The third-order valence-corrected chi connectivity index (χ3v) is 6.97. The molecule has 0 saturated heterocycles. The molecule has 0 spiro atoms. The largest absolute Gasteiger partial charge is 0.497 e. The van der Waals surface area contributed by atoms with E-state index in [1.54, 1.807) is 26.0 Å². The minimum atomic E-state index is -3.51. The lowest BCUT2D eigenvalue weighted by molar-refractivity contribution is -0.135. The van der Waals surface area contributed by atoms with Crippen LogP contribution in [0.4, 0.5) is 0 Å². The van der Waals surface area contributed by atoms with Gasteiger partial charge in [0.15, 0.2) is 0 Å². The fourth-order valence-electron chi connectivity index (χ4n) is 3.54. The van der Waals surface area contributed by atoms with Crippen molar-refractivity contribution in [2.45, 2.75) is 32.5 Å². The van der Waals surface area contributed by atoms with Gasteiger partial charge in [0.1, 0.15) is 11.8 Å². The second-order valence-corrected chi connectivity index (χ2v) is 9.19. The highest BCUT2D eigenvalue weighted by Crippen LogP contribution is 2.27. The van der Waals surface area contributed by atoms with Crippen molar-refractivity contribution in [3.8, 4) is 5.75 Å². The number of benzene rings is 2. The van der Waals surface area contributed by atoms with Crippen LogP contribution in [-0.2, 0) is 34.3 Å². The highest BCUT2D eigenvalue weighted by Gasteiger charge is 2.39. The van der Waals surface area contributed by atoms with Gasteiger partial charge in [-0.15, -0.1) is 0 Å². The van der Waals surface area contributed by atoms with Crippen molar-refractivity contribution in [3.05, 3.63) is 65.2 Å². The first-order valence-electron chi connectivity index (χ1n) is 9.30. The molecule has 2 aromatic rings. The SMILES string of the molecule is CCS(=O)(=O)N1Cc2ccccc2CC1C(=O)N(C)Cc1cccc(OC)c1. The molecule has 7 heteroatoms. The first-order chi connectivity index (χ1) is 13.4. The first-order valence-corrected chi connectivity index (χ1v) is 10.9. The number of likely N-dealkylation sites (N-methyl/N-ethyl adjacent to an activating group) is 1. The molecular weight excluding hydrogens is 376 g/mol. The van der Waals surface area contributed by atoms with Crippen LogP contribution in [0.2, 0.25) is 0 Å². The predicted octanol–water partition coefficient (Wildman–Crippen LogP) is 2.43. The Morgan fingerprint density at radius 1 is 1.18 bits per heavy atom. The van der Waals surface area contributed by atoms with Gasteiger partial charge in [-0.2, -0.15) is 4.31 Å². The van der Waals surface area contributed by atoms with Crippen LogP contribution in [0.3, 0.4) is 0 Å². The summed E-state index contributed by atoms with van der Waals surface area (Å²) in [5.41, 5.74) is 2.91. The fourth-order valence-corrected chi connectivity index (χ4v) is 4.76. The molecule has 0 aromatic heterocycles. The third kappa shape index (κ3) is 4.20. The quantitative estimate of drug-likeness (QED) is 0.744. The number of rotatable bonds is 6. The molecule has 0 N–H and O–H groups in total. The van der Waals surface area contributed by atoms with E-state index in [2.05, 4.69) is 0 Å². The van der Waals surface area contributed by atoms with E-state index in [0.717, 1.165) is 22.4 Å². The topological polar surface area (TPSA) is 66.9 Å². The Bertz CT molecular complexity index is 958. The third-order valence-electron chi connectivity index (χ3n) is 5.14. The number of nitrogens with zero attached hydrogens (tertiary/aromatic N) is 2. The molecule has 1 unspecified atom stereocenters. The molecule has 0 aliphatic carbocycles. The molecule has 1 aliphatic rings. The number of fused-ring (bicyclic) bond motifs is 1. The summed E-state index contributed by atoms with van der Waals surface area (Å²) in [6.07, 6.45) is 0.386. The van der Waals surface area contributed by atoms with Crippen LogP contribution in [0.25, 0.3) is 0 Å².